The third-order valence-electron chi connectivity index (χ3n) is 5.00. The summed E-state index contributed by atoms with van der Waals surface area (Å²) in [7, 11) is 0. The summed E-state index contributed by atoms with van der Waals surface area (Å²) in [5, 5.41) is 10.7. The maximum atomic E-state index is 12.5. The van der Waals surface area contributed by atoms with Crippen LogP contribution in [-0.2, 0) is 4.79 Å². The lowest BCUT2D eigenvalue weighted by molar-refractivity contribution is -0.120. The minimum Gasteiger partial charge on any atom is -0.510 e. The van der Waals surface area contributed by atoms with Crippen molar-refractivity contribution in [3.05, 3.63) is 61.5 Å². The van der Waals surface area contributed by atoms with Gasteiger partial charge < -0.3 is 5.11 Å². The van der Waals surface area contributed by atoms with Crippen LogP contribution in [0.3, 0.4) is 0 Å². The topological polar surface area (TPSA) is 83.8 Å². The van der Waals surface area contributed by atoms with Gasteiger partial charge in [-0.2, -0.15) is 0 Å². The predicted octanol–water partition coefficient (Wildman–Crippen LogP) is 1.50. The molecule has 2 aromatic carbocycles. The molecule has 0 aliphatic heterocycles. The molecule has 116 valence electrons. The largest absolute Gasteiger partial charge is 0.510 e. The van der Waals surface area contributed by atoms with E-state index in [0.717, 1.165) is 25.7 Å². The summed E-state index contributed by atoms with van der Waals surface area (Å²) in [6.45, 7) is 0. The van der Waals surface area contributed by atoms with Gasteiger partial charge in [0.2, 0.25) is 10.9 Å². The van der Waals surface area contributed by atoms with Gasteiger partial charge in [-0.05, 0) is 12.8 Å². The number of rotatable bonds is 1. The van der Waals surface area contributed by atoms with Gasteiger partial charge in [-0.3, -0.25) is 14.4 Å². The SMILES string of the molecule is O=C1C(N=c2c(=O)c3ccccc3c2=O)=C(O)C2CCCCC12. The Labute approximate surface area is 131 Å². The van der Waals surface area contributed by atoms with Crippen molar-refractivity contribution in [2.24, 2.45) is 16.8 Å². The van der Waals surface area contributed by atoms with Crippen LogP contribution in [0, 0.1) is 11.8 Å². The molecule has 2 aliphatic carbocycles. The summed E-state index contributed by atoms with van der Waals surface area (Å²) >= 11 is 0. The maximum absolute atomic E-state index is 12.5. The predicted molar refractivity (Wildman–Crippen MR) is 84.5 cm³/mol. The van der Waals surface area contributed by atoms with Crippen LogP contribution < -0.4 is 16.2 Å². The number of ketones is 1. The van der Waals surface area contributed by atoms with E-state index in [0.29, 0.717) is 10.8 Å². The quantitative estimate of drug-likeness (QED) is 0.865. The lowest BCUT2D eigenvalue weighted by Gasteiger charge is -2.23. The number of allylic oxidation sites excluding steroid dienone is 2. The van der Waals surface area contributed by atoms with Crippen LogP contribution in [0.1, 0.15) is 25.7 Å². The number of Topliss-reactive ketones (excluding diaryl/α,β-unsaturated/α-hetero) is 1. The van der Waals surface area contributed by atoms with Crippen LogP contribution in [0.15, 0.2) is 50.3 Å². The lowest BCUT2D eigenvalue weighted by atomic mass is 9.80. The number of aliphatic hydroxyl groups excluding tert-OH is 1. The molecule has 0 saturated heterocycles. The van der Waals surface area contributed by atoms with Crippen LogP contribution in [0.25, 0.3) is 10.8 Å². The third kappa shape index (κ3) is 1.92. The second-order valence-corrected chi connectivity index (χ2v) is 6.26. The van der Waals surface area contributed by atoms with E-state index in [2.05, 4.69) is 4.99 Å². The van der Waals surface area contributed by atoms with Crippen molar-refractivity contribution in [2.45, 2.75) is 25.7 Å². The smallest absolute Gasteiger partial charge is 0.216 e. The highest BCUT2D eigenvalue weighted by molar-refractivity contribution is 6.00. The molecule has 2 aromatic rings. The van der Waals surface area contributed by atoms with Gasteiger partial charge >= 0.3 is 0 Å². The van der Waals surface area contributed by atoms with E-state index in [1.807, 2.05) is 0 Å². The molecule has 0 aromatic heterocycles. The standard InChI is InChI=1S/C18H15NO4/c20-15-9-5-1-2-6-10(9)16(21)13(15)19-14-17(22)11-7-3-4-8-12(11)18(14)23/h1-2,5-6,11-12,22H,3-4,7-8H2. The molecule has 4 rings (SSSR count). The summed E-state index contributed by atoms with van der Waals surface area (Å²) in [5.74, 6) is -0.748. The molecular weight excluding hydrogens is 294 g/mol. The van der Waals surface area contributed by atoms with Crippen molar-refractivity contribution in [3.63, 3.8) is 0 Å². The molecule has 1 fully saturated rings. The zero-order chi connectivity index (χ0) is 16.1. The molecule has 1 saturated carbocycles. The van der Waals surface area contributed by atoms with E-state index in [1.165, 1.54) is 0 Å². The molecule has 2 unspecified atom stereocenters. The van der Waals surface area contributed by atoms with Crippen molar-refractivity contribution < 1.29 is 9.90 Å². The molecule has 2 atom stereocenters. The Hall–Kier alpha value is -2.56. The Morgan fingerprint density at radius 1 is 0.913 bits per heavy atom. The summed E-state index contributed by atoms with van der Waals surface area (Å²) in [4.78, 5) is 41.2. The average molecular weight is 309 g/mol. The number of hydrogen-bond acceptors (Lipinski definition) is 5. The first-order chi connectivity index (χ1) is 11.1. The first-order valence-corrected chi connectivity index (χ1v) is 7.84. The van der Waals surface area contributed by atoms with Crippen LogP contribution in [0.2, 0.25) is 0 Å². The average Bonchev–Trinajstić information content (AvgIpc) is 2.97. The fourth-order valence-corrected chi connectivity index (χ4v) is 3.81. The van der Waals surface area contributed by atoms with E-state index in [-0.39, 0.29) is 34.4 Å². The highest BCUT2D eigenvalue weighted by atomic mass is 16.3. The van der Waals surface area contributed by atoms with E-state index in [9.17, 15) is 19.5 Å². The Bertz CT molecular complexity index is 958. The van der Waals surface area contributed by atoms with Crippen LogP contribution in [-0.4, -0.2) is 10.9 Å². The summed E-state index contributed by atoms with van der Waals surface area (Å²) in [5.41, 5.74) is -1.05. The van der Waals surface area contributed by atoms with Crippen LogP contribution in [0.4, 0.5) is 0 Å². The van der Waals surface area contributed by atoms with Gasteiger partial charge in [0.25, 0.3) is 0 Å². The Morgan fingerprint density at radius 2 is 1.48 bits per heavy atom. The highest BCUT2D eigenvalue weighted by Crippen LogP contribution is 2.42. The van der Waals surface area contributed by atoms with Crippen molar-refractivity contribution in [1.29, 1.82) is 0 Å². The number of carbonyl (C=O) groups is 1. The molecule has 5 nitrogen and oxygen atoms in total. The molecule has 2 aliphatic rings. The lowest BCUT2D eigenvalue weighted by Crippen LogP contribution is -2.32. The molecule has 0 radical (unpaired) electrons. The van der Waals surface area contributed by atoms with Crippen molar-refractivity contribution in [2.75, 3.05) is 0 Å². The van der Waals surface area contributed by atoms with Crippen molar-refractivity contribution >= 4 is 16.6 Å². The molecular formula is C18H15NO4. The van der Waals surface area contributed by atoms with Crippen LogP contribution in [0.5, 0.6) is 0 Å². The molecule has 5 heteroatoms. The minimum absolute atomic E-state index is 0.0521. The number of benzene rings is 1. The normalized spacial score (nSPS) is 24.3. The number of aliphatic hydroxyl groups is 1. The molecule has 0 heterocycles. The van der Waals surface area contributed by atoms with E-state index in [4.69, 9.17) is 0 Å². The molecule has 1 N–H and O–H groups in total. The third-order valence-corrected chi connectivity index (χ3v) is 5.00. The van der Waals surface area contributed by atoms with E-state index in [1.54, 1.807) is 24.3 Å². The Kier molecular flexibility index (Phi) is 3.04. The van der Waals surface area contributed by atoms with E-state index >= 15 is 0 Å². The van der Waals surface area contributed by atoms with Crippen molar-refractivity contribution in [3.8, 4) is 0 Å². The van der Waals surface area contributed by atoms with Gasteiger partial charge in [-0.25, -0.2) is 4.99 Å². The van der Waals surface area contributed by atoms with Gasteiger partial charge in [0.05, 0.1) is 0 Å². The first-order valence-electron chi connectivity index (χ1n) is 7.84. The van der Waals surface area contributed by atoms with Gasteiger partial charge in [0.1, 0.15) is 11.5 Å². The Morgan fingerprint density at radius 3 is 2.04 bits per heavy atom. The number of hydrogen-bond donors (Lipinski definition) is 1. The minimum atomic E-state index is -0.478. The number of carbonyl (C=O) groups excluding carboxylic acids is 1. The number of nitrogens with zero attached hydrogens (tertiary/aromatic N) is 1. The highest BCUT2D eigenvalue weighted by Gasteiger charge is 2.43. The summed E-state index contributed by atoms with van der Waals surface area (Å²) in [6, 6.07) is 6.50. The summed E-state index contributed by atoms with van der Waals surface area (Å²) < 4.78 is 0. The second kappa shape index (κ2) is 4.98. The van der Waals surface area contributed by atoms with E-state index < -0.39 is 10.9 Å². The van der Waals surface area contributed by atoms with Gasteiger partial charge in [0.15, 0.2) is 11.1 Å². The fourth-order valence-electron chi connectivity index (χ4n) is 3.81. The van der Waals surface area contributed by atoms with Gasteiger partial charge in [-0.1, -0.05) is 37.1 Å². The maximum Gasteiger partial charge on any atom is 0.216 e. The molecule has 0 spiro atoms. The monoisotopic (exact) mass is 309 g/mol. The molecule has 23 heavy (non-hydrogen) atoms. The second-order valence-electron chi connectivity index (χ2n) is 6.26. The van der Waals surface area contributed by atoms with Crippen LogP contribution >= 0.6 is 0 Å². The van der Waals surface area contributed by atoms with Gasteiger partial charge in [0, 0.05) is 22.6 Å². The fraction of sp³-hybridized carbons (Fsp3) is 0.333. The molecule has 0 amide bonds. The summed E-state index contributed by atoms with van der Waals surface area (Å²) in [6.07, 6.45) is 3.39. The van der Waals surface area contributed by atoms with Crippen molar-refractivity contribution in [1.82, 2.24) is 0 Å². The first kappa shape index (κ1) is 14.1. The zero-order valence-corrected chi connectivity index (χ0v) is 12.4. The van der Waals surface area contributed by atoms with Gasteiger partial charge in [-0.15, -0.1) is 0 Å². The Balaban J connectivity index is 1.95. The molecule has 0 bridgehead atoms. The zero-order valence-electron chi connectivity index (χ0n) is 12.4. The number of fused-ring (bicyclic) bond motifs is 2.